The monoisotopic (exact) mass is 768 g/mol. The van der Waals surface area contributed by atoms with Crippen LogP contribution < -0.4 is 26.2 Å². The van der Waals surface area contributed by atoms with Gasteiger partial charge in [-0.2, -0.15) is 0 Å². The second-order valence-corrected chi connectivity index (χ2v) is 20.0. The summed E-state index contributed by atoms with van der Waals surface area (Å²) in [4.78, 5) is 5.06. The molecular formula is C55H53BN2O. The third-order valence-electron chi connectivity index (χ3n) is 12.8. The molecule has 0 atom stereocenters. The summed E-state index contributed by atoms with van der Waals surface area (Å²) >= 11 is 0. The number of nitrogens with zero attached hydrogens (tertiary/aromatic N) is 2. The largest absolute Gasteiger partial charge is 0.456 e. The molecule has 3 heterocycles. The first-order valence-electron chi connectivity index (χ1n) is 21.2. The fourth-order valence-electron chi connectivity index (χ4n) is 9.45. The van der Waals surface area contributed by atoms with Crippen molar-refractivity contribution < 1.29 is 4.42 Å². The van der Waals surface area contributed by atoms with Crippen molar-refractivity contribution in [2.75, 3.05) is 9.80 Å². The van der Waals surface area contributed by atoms with Gasteiger partial charge in [-0.25, -0.2) is 0 Å². The molecule has 59 heavy (non-hydrogen) atoms. The van der Waals surface area contributed by atoms with Crippen molar-refractivity contribution in [1.82, 2.24) is 0 Å². The van der Waals surface area contributed by atoms with E-state index in [1.165, 1.54) is 78.2 Å². The lowest BCUT2D eigenvalue weighted by molar-refractivity contribution is 0.590. The van der Waals surface area contributed by atoms with Crippen LogP contribution >= 0.6 is 0 Å². The van der Waals surface area contributed by atoms with E-state index in [0.717, 1.165) is 27.6 Å². The highest BCUT2D eigenvalue weighted by molar-refractivity contribution is 7.00. The van der Waals surface area contributed by atoms with Gasteiger partial charge in [0, 0.05) is 44.9 Å². The maximum absolute atomic E-state index is 6.17. The molecule has 8 aromatic rings. The van der Waals surface area contributed by atoms with E-state index < -0.39 is 0 Å². The summed E-state index contributed by atoms with van der Waals surface area (Å²) in [6.45, 7) is 23.2. The number of rotatable bonds is 3. The molecule has 0 fully saturated rings. The molecule has 1 aromatic heterocycles. The lowest BCUT2D eigenvalue weighted by Gasteiger charge is -2.45. The van der Waals surface area contributed by atoms with E-state index in [2.05, 4.69) is 206 Å². The van der Waals surface area contributed by atoms with E-state index in [1.54, 1.807) is 0 Å². The van der Waals surface area contributed by atoms with Gasteiger partial charge < -0.3 is 14.2 Å². The molecule has 0 unspecified atom stereocenters. The van der Waals surface area contributed by atoms with Crippen LogP contribution in [0.4, 0.5) is 34.1 Å². The molecule has 0 amide bonds. The Morgan fingerprint density at radius 3 is 1.44 bits per heavy atom. The van der Waals surface area contributed by atoms with Crippen molar-refractivity contribution in [1.29, 1.82) is 0 Å². The number of fused-ring (bicyclic) bond motifs is 7. The second-order valence-electron chi connectivity index (χ2n) is 20.0. The minimum Gasteiger partial charge on any atom is -0.456 e. The van der Waals surface area contributed by atoms with E-state index >= 15 is 0 Å². The Balaban J connectivity index is 1.19. The van der Waals surface area contributed by atoms with Crippen LogP contribution in [0.25, 0.3) is 33.1 Å². The number of hydrogen-bond donors (Lipinski definition) is 0. The first-order chi connectivity index (χ1) is 28.0. The summed E-state index contributed by atoms with van der Waals surface area (Å²) in [7, 11) is 0. The molecule has 7 aromatic carbocycles. The molecule has 0 spiro atoms. The van der Waals surface area contributed by atoms with Gasteiger partial charge in [0.1, 0.15) is 11.2 Å². The summed E-state index contributed by atoms with van der Waals surface area (Å²) in [6.07, 6.45) is 0. The predicted octanol–water partition coefficient (Wildman–Crippen LogP) is 13.5. The maximum Gasteiger partial charge on any atom is 0.252 e. The Labute approximate surface area is 350 Å². The third kappa shape index (κ3) is 6.10. The number of hydrogen-bond acceptors (Lipinski definition) is 3. The molecule has 3 nitrogen and oxygen atoms in total. The number of furan rings is 1. The number of para-hydroxylation sites is 1. The molecule has 0 aliphatic carbocycles. The highest BCUT2D eigenvalue weighted by Crippen LogP contribution is 2.46. The molecule has 0 N–H and O–H groups in total. The maximum atomic E-state index is 6.17. The Morgan fingerprint density at radius 2 is 0.898 bits per heavy atom. The smallest absolute Gasteiger partial charge is 0.252 e. The van der Waals surface area contributed by atoms with Crippen molar-refractivity contribution in [2.45, 2.75) is 85.5 Å². The SMILES string of the molecule is Cc1cc2c3c(c1)N(c1ccc(C(C)(C)C)cc1)c1ccc(C(C)(C)C)cc1B3c1cc(C(C)(C)C)ccc1N2c1ccc(-c2ccc3oc4ccccc4c3c2)cc1. The summed E-state index contributed by atoms with van der Waals surface area (Å²) in [5.41, 5.74) is 20.9. The van der Waals surface area contributed by atoms with Crippen molar-refractivity contribution >= 4 is 79.2 Å². The molecular weight excluding hydrogens is 715 g/mol. The minimum atomic E-state index is -0.00903. The van der Waals surface area contributed by atoms with Crippen LogP contribution in [0.15, 0.2) is 144 Å². The number of benzene rings is 7. The fraction of sp³-hybridized carbons (Fsp3) is 0.236. The van der Waals surface area contributed by atoms with E-state index in [1.807, 2.05) is 12.1 Å². The third-order valence-corrected chi connectivity index (χ3v) is 12.8. The molecule has 10 rings (SSSR count). The molecule has 2 aliphatic rings. The van der Waals surface area contributed by atoms with Crippen molar-refractivity contribution in [2.24, 2.45) is 0 Å². The average Bonchev–Trinajstić information content (AvgIpc) is 3.57. The standard InChI is InChI=1S/C55H53BN2O/c1-34-29-48-52-49(30-34)58(41-24-18-37(19-25-41)53(2,3)4)47-27-21-39(55(8,9)10)33-45(47)56(52)44-32-38(54(5,6)7)20-26-46(44)57(48)40-22-15-35(16-23-40)36-17-28-51-43(31-36)42-13-11-12-14-50(42)59-51/h11-33H,1-10H3. The van der Waals surface area contributed by atoms with Gasteiger partial charge in [0.2, 0.25) is 0 Å². The minimum absolute atomic E-state index is 0.00161. The van der Waals surface area contributed by atoms with Gasteiger partial charge in [0.15, 0.2) is 0 Å². The van der Waals surface area contributed by atoms with Crippen LogP contribution in [0.1, 0.15) is 84.6 Å². The normalized spacial score (nSPS) is 13.8. The van der Waals surface area contributed by atoms with E-state index in [0.29, 0.717) is 0 Å². The van der Waals surface area contributed by atoms with E-state index in [-0.39, 0.29) is 23.0 Å². The van der Waals surface area contributed by atoms with Crippen LogP contribution in [0.3, 0.4) is 0 Å². The van der Waals surface area contributed by atoms with Crippen LogP contribution in [-0.4, -0.2) is 6.71 Å². The Kier molecular flexibility index (Phi) is 8.22. The summed E-state index contributed by atoms with van der Waals surface area (Å²) in [5, 5.41) is 2.29. The molecule has 0 bridgehead atoms. The van der Waals surface area contributed by atoms with Crippen LogP contribution in [0, 0.1) is 6.92 Å². The van der Waals surface area contributed by atoms with E-state index in [9.17, 15) is 0 Å². The van der Waals surface area contributed by atoms with Crippen LogP contribution in [0.5, 0.6) is 0 Å². The number of anilines is 6. The molecule has 0 saturated carbocycles. The van der Waals surface area contributed by atoms with Gasteiger partial charge in [-0.3, -0.25) is 0 Å². The zero-order valence-electron chi connectivity index (χ0n) is 36.2. The molecule has 292 valence electrons. The molecule has 4 heteroatoms. The predicted molar refractivity (Wildman–Crippen MR) is 254 cm³/mol. The van der Waals surface area contributed by atoms with Gasteiger partial charge in [-0.1, -0.05) is 135 Å². The van der Waals surface area contributed by atoms with Crippen molar-refractivity contribution in [3.8, 4) is 11.1 Å². The number of aryl methyl sites for hydroxylation is 1. The van der Waals surface area contributed by atoms with E-state index in [4.69, 9.17) is 4.42 Å². The zero-order chi connectivity index (χ0) is 41.2. The quantitative estimate of drug-likeness (QED) is 0.167. The van der Waals surface area contributed by atoms with Crippen LogP contribution in [-0.2, 0) is 16.2 Å². The second kappa shape index (κ2) is 13.0. The Bertz CT molecular complexity index is 2950. The summed E-state index contributed by atoms with van der Waals surface area (Å²) < 4.78 is 6.17. The lowest BCUT2D eigenvalue weighted by atomic mass is 9.33. The highest BCUT2D eigenvalue weighted by Gasteiger charge is 2.44. The highest BCUT2D eigenvalue weighted by atomic mass is 16.3. The van der Waals surface area contributed by atoms with Crippen LogP contribution in [0.2, 0.25) is 0 Å². The van der Waals surface area contributed by atoms with Crippen molar-refractivity contribution in [3.05, 3.63) is 162 Å². The van der Waals surface area contributed by atoms with Gasteiger partial charge in [0.25, 0.3) is 6.71 Å². The zero-order valence-corrected chi connectivity index (χ0v) is 36.2. The lowest BCUT2D eigenvalue weighted by Crippen LogP contribution is -2.61. The Morgan fingerprint density at radius 1 is 0.424 bits per heavy atom. The molecule has 2 aliphatic heterocycles. The van der Waals surface area contributed by atoms with Gasteiger partial charge in [0.05, 0.1) is 0 Å². The molecule has 0 radical (unpaired) electrons. The van der Waals surface area contributed by atoms with Crippen molar-refractivity contribution in [3.63, 3.8) is 0 Å². The summed E-state index contributed by atoms with van der Waals surface area (Å²) in [6, 6.07) is 52.7. The van der Waals surface area contributed by atoms with Gasteiger partial charge in [-0.15, -0.1) is 0 Å². The fourth-order valence-corrected chi connectivity index (χ4v) is 9.45. The van der Waals surface area contributed by atoms with Gasteiger partial charge >= 0.3 is 0 Å². The molecule has 0 saturated heterocycles. The first kappa shape index (κ1) is 37.3. The van der Waals surface area contributed by atoms with Gasteiger partial charge in [-0.05, 0) is 140 Å². The Hall–Kier alpha value is -6.00. The average molecular weight is 769 g/mol. The topological polar surface area (TPSA) is 19.6 Å². The first-order valence-corrected chi connectivity index (χ1v) is 21.2. The summed E-state index contributed by atoms with van der Waals surface area (Å²) in [5.74, 6) is 0.